The molecule has 0 aromatic heterocycles. The Morgan fingerprint density at radius 3 is 3.12 bits per heavy atom. The highest BCUT2D eigenvalue weighted by atomic mass is 16.5. The first-order chi connectivity index (χ1) is 7.85. The van der Waals surface area contributed by atoms with Gasteiger partial charge in [-0.25, -0.2) is 0 Å². The van der Waals surface area contributed by atoms with Crippen LogP contribution in [-0.4, -0.2) is 26.5 Å². The van der Waals surface area contributed by atoms with Crippen LogP contribution in [0.25, 0.3) is 0 Å². The molecule has 1 unspecified atom stereocenters. The number of carbonyl (C=O) groups is 1. The van der Waals surface area contributed by atoms with E-state index in [2.05, 4.69) is 10.3 Å². The van der Waals surface area contributed by atoms with Gasteiger partial charge in [-0.05, 0) is 12.1 Å². The molecule has 5 nitrogen and oxygen atoms in total. The largest absolute Gasteiger partial charge is 0.496 e. The van der Waals surface area contributed by atoms with Crippen LogP contribution in [0.4, 0.5) is 5.69 Å². The summed E-state index contributed by atoms with van der Waals surface area (Å²) in [6.07, 6.45) is 1.98. The van der Waals surface area contributed by atoms with Crippen molar-refractivity contribution in [2.75, 3.05) is 19.0 Å². The molecule has 1 aromatic carbocycles. The van der Waals surface area contributed by atoms with Gasteiger partial charge in [0.25, 0.3) is 0 Å². The summed E-state index contributed by atoms with van der Waals surface area (Å²) >= 11 is 0. The van der Waals surface area contributed by atoms with Gasteiger partial charge in [0.05, 0.1) is 13.7 Å². The van der Waals surface area contributed by atoms with E-state index in [1.54, 1.807) is 19.2 Å². The highest BCUT2D eigenvalue weighted by molar-refractivity contribution is 5.72. The number of nitrogens with zero attached hydrogens (tertiary/aromatic N) is 1. The van der Waals surface area contributed by atoms with Crippen molar-refractivity contribution in [1.29, 1.82) is 0 Å². The predicted octanol–water partition coefficient (Wildman–Crippen LogP) is 1.36. The molecule has 0 bridgehead atoms. The van der Waals surface area contributed by atoms with Crippen molar-refractivity contribution in [3.05, 3.63) is 23.8 Å². The summed E-state index contributed by atoms with van der Waals surface area (Å²) in [5, 5.41) is 2.57. The van der Waals surface area contributed by atoms with E-state index in [1.807, 2.05) is 6.07 Å². The van der Waals surface area contributed by atoms with Gasteiger partial charge in [0.2, 0.25) is 6.41 Å². The molecule has 0 saturated carbocycles. The lowest BCUT2D eigenvalue weighted by molar-refractivity contribution is -0.105. The fourth-order valence-electron chi connectivity index (χ4n) is 1.60. The molecule has 5 heteroatoms. The molecule has 0 saturated heterocycles. The monoisotopic (exact) mass is 220 g/mol. The molecule has 0 radical (unpaired) electrons. The van der Waals surface area contributed by atoms with Crippen molar-refractivity contribution in [2.45, 2.75) is 6.10 Å². The van der Waals surface area contributed by atoms with Crippen LogP contribution in [0.3, 0.4) is 0 Å². The average Bonchev–Trinajstić information content (AvgIpc) is 2.83. The van der Waals surface area contributed by atoms with Gasteiger partial charge in [-0.15, -0.1) is 0 Å². The van der Waals surface area contributed by atoms with Crippen LogP contribution >= 0.6 is 0 Å². The molecule has 1 N–H and O–H groups in total. The van der Waals surface area contributed by atoms with Crippen LogP contribution in [0.1, 0.15) is 11.7 Å². The Morgan fingerprint density at radius 2 is 2.50 bits per heavy atom. The molecule has 2 rings (SSSR count). The molecule has 1 atom stereocenters. The second kappa shape index (κ2) is 4.65. The lowest BCUT2D eigenvalue weighted by Crippen LogP contribution is -2.04. The number of hydrogen-bond donors (Lipinski definition) is 1. The summed E-state index contributed by atoms with van der Waals surface area (Å²) in [6.45, 7) is 0.594. The van der Waals surface area contributed by atoms with Crippen molar-refractivity contribution in [3.63, 3.8) is 0 Å². The van der Waals surface area contributed by atoms with Crippen molar-refractivity contribution in [2.24, 2.45) is 4.99 Å². The van der Waals surface area contributed by atoms with Gasteiger partial charge >= 0.3 is 0 Å². The maximum Gasteiger partial charge on any atom is 0.211 e. The highest BCUT2D eigenvalue weighted by Crippen LogP contribution is 2.31. The first-order valence-electron chi connectivity index (χ1n) is 4.87. The Kier molecular flexibility index (Phi) is 3.05. The third kappa shape index (κ3) is 1.98. The van der Waals surface area contributed by atoms with E-state index in [-0.39, 0.29) is 6.10 Å². The zero-order chi connectivity index (χ0) is 11.4. The van der Waals surface area contributed by atoms with Crippen LogP contribution in [0.2, 0.25) is 0 Å². The maximum absolute atomic E-state index is 10.3. The Bertz CT molecular complexity index is 410. The summed E-state index contributed by atoms with van der Waals surface area (Å²) in [4.78, 5) is 14.3. The zero-order valence-electron chi connectivity index (χ0n) is 8.84. The SMILES string of the molecule is COc1cc(NC=O)ccc1C1CN=CO1. The third-order valence-electron chi connectivity index (χ3n) is 2.38. The second-order valence-electron chi connectivity index (χ2n) is 3.31. The van der Waals surface area contributed by atoms with Crippen molar-refractivity contribution >= 4 is 18.5 Å². The number of benzene rings is 1. The summed E-state index contributed by atoms with van der Waals surface area (Å²) < 4.78 is 10.6. The standard InChI is InChI=1S/C11H12N2O3/c1-15-10-4-8(13-6-14)2-3-9(10)11-5-12-7-16-11/h2-4,6-7,11H,5H2,1H3,(H,13,14). The van der Waals surface area contributed by atoms with Crippen LogP contribution < -0.4 is 10.1 Å². The number of carbonyl (C=O) groups excluding carboxylic acids is 1. The molecular formula is C11H12N2O3. The molecule has 0 fully saturated rings. The van der Waals surface area contributed by atoms with Crippen LogP contribution in [0.15, 0.2) is 23.2 Å². The predicted molar refractivity (Wildman–Crippen MR) is 59.9 cm³/mol. The summed E-state index contributed by atoms with van der Waals surface area (Å²) in [7, 11) is 1.58. The van der Waals surface area contributed by atoms with E-state index >= 15 is 0 Å². The quantitative estimate of drug-likeness (QED) is 0.779. The van der Waals surface area contributed by atoms with E-state index in [4.69, 9.17) is 9.47 Å². The summed E-state index contributed by atoms with van der Waals surface area (Å²) in [5.74, 6) is 0.683. The van der Waals surface area contributed by atoms with Gasteiger partial charge in [0, 0.05) is 17.3 Å². The molecular weight excluding hydrogens is 208 g/mol. The summed E-state index contributed by atoms with van der Waals surface area (Å²) in [5.41, 5.74) is 1.62. The van der Waals surface area contributed by atoms with Crippen LogP contribution in [0, 0.1) is 0 Å². The van der Waals surface area contributed by atoms with E-state index in [0.717, 1.165) is 5.56 Å². The minimum absolute atomic E-state index is 0.0970. The van der Waals surface area contributed by atoms with Gasteiger partial charge in [-0.1, -0.05) is 0 Å². The minimum atomic E-state index is -0.0970. The second-order valence-corrected chi connectivity index (χ2v) is 3.31. The van der Waals surface area contributed by atoms with E-state index in [1.165, 1.54) is 6.40 Å². The van der Waals surface area contributed by atoms with E-state index in [9.17, 15) is 4.79 Å². The van der Waals surface area contributed by atoms with Gasteiger partial charge < -0.3 is 14.8 Å². The van der Waals surface area contributed by atoms with Gasteiger partial charge in [-0.3, -0.25) is 9.79 Å². The summed E-state index contributed by atoms with van der Waals surface area (Å²) in [6, 6.07) is 5.42. The number of methoxy groups -OCH3 is 1. The van der Waals surface area contributed by atoms with Gasteiger partial charge in [0.1, 0.15) is 11.9 Å². The molecule has 1 heterocycles. The number of rotatable bonds is 4. The molecule has 1 amide bonds. The highest BCUT2D eigenvalue weighted by Gasteiger charge is 2.19. The number of ether oxygens (including phenoxy) is 2. The molecule has 1 aromatic rings. The van der Waals surface area contributed by atoms with Gasteiger partial charge in [0.15, 0.2) is 6.40 Å². The molecule has 0 spiro atoms. The van der Waals surface area contributed by atoms with Gasteiger partial charge in [-0.2, -0.15) is 0 Å². The topological polar surface area (TPSA) is 59.9 Å². The molecule has 16 heavy (non-hydrogen) atoms. The average molecular weight is 220 g/mol. The fraction of sp³-hybridized carbons (Fsp3) is 0.273. The van der Waals surface area contributed by atoms with Crippen molar-refractivity contribution in [3.8, 4) is 5.75 Å². The zero-order valence-corrected chi connectivity index (χ0v) is 8.84. The minimum Gasteiger partial charge on any atom is -0.496 e. The number of nitrogens with one attached hydrogen (secondary N) is 1. The van der Waals surface area contributed by atoms with Crippen molar-refractivity contribution < 1.29 is 14.3 Å². The third-order valence-corrected chi connectivity index (χ3v) is 2.38. The smallest absolute Gasteiger partial charge is 0.211 e. The first-order valence-corrected chi connectivity index (χ1v) is 4.87. The Balaban J connectivity index is 2.27. The number of anilines is 1. The van der Waals surface area contributed by atoms with E-state index in [0.29, 0.717) is 24.4 Å². The number of amides is 1. The van der Waals surface area contributed by atoms with Crippen LogP contribution in [-0.2, 0) is 9.53 Å². The molecule has 0 aliphatic carbocycles. The molecule has 1 aliphatic heterocycles. The molecule has 1 aliphatic rings. The fourth-order valence-corrected chi connectivity index (χ4v) is 1.60. The van der Waals surface area contributed by atoms with Crippen molar-refractivity contribution in [1.82, 2.24) is 0 Å². The maximum atomic E-state index is 10.3. The normalized spacial score (nSPS) is 17.9. The molecule has 84 valence electrons. The first kappa shape index (κ1) is 10.5. The number of aliphatic imine (C=N–C) groups is 1. The Hall–Kier alpha value is -2.04. The number of hydrogen-bond acceptors (Lipinski definition) is 4. The Labute approximate surface area is 93.1 Å². The van der Waals surface area contributed by atoms with E-state index < -0.39 is 0 Å². The lowest BCUT2D eigenvalue weighted by atomic mass is 10.1. The van der Waals surface area contributed by atoms with Crippen LogP contribution in [0.5, 0.6) is 5.75 Å². The Morgan fingerprint density at radius 1 is 1.62 bits per heavy atom. The lowest BCUT2D eigenvalue weighted by Gasteiger charge is -2.14.